The van der Waals surface area contributed by atoms with Crippen LogP contribution in [0.15, 0.2) is 42.6 Å². The molecule has 21 heavy (non-hydrogen) atoms. The Kier molecular flexibility index (Phi) is 4.46. The number of hydrogen-bond donors (Lipinski definition) is 1. The molecule has 0 atom stereocenters. The van der Waals surface area contributed by atoms with Gasteiger partial charge in [0.05, 0.1) is 17.3 Å². The minimum atomic E-state index is -0.438. The average Bonchev–Trinajstić information content (AvgIpc) is 2.50. The van der Waals surface area contributed by atoms with Crippen LogP contribution in [0.2, 0.25) is 0 Å². The molecule has 5 nitrogen and oxygen atoms in total. The number of amides is 1. The number of halogens is 1. The lowest BCUT2D eigenvalue weighted by Gasteiger charge is -2.16. The fraction of sp³-hybridized carbons (Fsp3) is 0.133. The minimum absolute atomic E-state index is 0.0349. The van der Waals surface area contributed by atoms with Crippen LogP contribution in [0.1, 0.15) is 10.4 Å². The van der Waals surface area contributed by atoms with Gasteiger partial charge in [-0.05, 0) is 24.3 Å². The Morgan fingerprint density at radius 2 is 2.14 bits per heavy atom. The van der Waals surface area contributed by atoms with Crippen molar-refractivity contribution in [1.82, 2.24) is 9.88 Å². The zero-order valence-corrected chi connectivity index (χ0v) is 11.4. The lowest BCUT2D eigenvalue weighted by atomic mass is 10.2. The quantitative estimate of drug-likeness (QED) is 0.876. The van der Waals surface area contributed by atoms with E-state index in [1.54, 1.807) is 30.3 Å². The Morgan fingerprint density at radius 3 is 2.86 bits per heavy atom. The Labute approximate surface area is 121 Å². The molecule has 0 aliphatic carbocycles. The zero-order valence-electron chi connectivity index (χ0n) is 11.4. The Morgan fingerprint density at radius 1 is 1.38 bits per heavy atom. The third kappa shape index (κ3) is 3.34. The second kappa shape index (κ2) is 6.48. The van der Waals surface area contributed by atoms with Crippen LogP contribution >= 0.6 is 0 Å². The molecule has 106 valence electrons. The highest BCUT2D eigenvalue weighted by Gasteiger charge is 2.17. The first-order valence-electron chi connectivity index (χ1n) is 6.22. The van der Waals surface area contributed by atoms with E-state index in [-0.39, 0.29) is 29.5 Å². The van der Waals surface area contributed by atoms with E-state index >= 15 is 0 Å². The Balaban J connectivity index is 2.32. The minimum Gasteiger partial charge on any atom is -0.337 e. The fourth-order valence-corrected chi connectivity index (χ4v) is 1.75. The predicted octanol–water partition coefficient (Wildman–Crippen LogP) is 2.56. The molecule has 6 heteroatoms. The molecular weight excluding hydrogens is 271 g/mol. The van der Waals surface area contributed by atoms with Gasteiger partial charge in [-0.1, -0.05) is 12.1 Å². The zero-order chi connectivity index (χ0) is 15.2. The van der Waals surface area contributed by atoms with Gasteiger partial charge in [0.15, 0.2) is 0 Å². The van der Waals surface area contributed by atoms with E-state index < -0.39 is 5.82 Å². The fourth-order valence-electron chi connectivity index (χ4n) is 1.75. The van der Waals surface area contributed by atoms with Crippen molar-refractivity contribution < 1.29 is 9.18 Å². The smallest absolute Gasteiger partial charge is 0.258 e. The summed E-state index contributed by atoms with van der Waals surface area (Å²) in [5, 5.41) is 11.5. The number of para-hydroxylation sites is 1. The molecule has 2 rings (SSSR count). The summed E-state index contributed by atoms with van der Waals surface area (Å²) in [6.07, 6.45) is 1.50. The number of rotatable bonds is 4. The Bertz CT molecular complexity index is 696. The number of carbonyl (C=O) groups is 1. The monoisotopic (exact) mass is 284 g/mol. The molecule has 0 aliphatic rings. The first kappa shape index (κ1) is 14.5. The van der Waals surface area contributed by atoms with E-state index in [9.17, 15) is 9.18 Å². The van der Waals surface area contributed by atoms with E-state index in [0.29, 0.717) is 0 Å². The molecule has 2 aromatic rings. The number of benzene rings is 1. The third-order valence-corrected chi connectivity index (χ3v) is 2.82. The van der Waals surface area contributed by atoms with Gasteiger partial charge in [0.1, 0.15) is 18.2 Å². The van der Waals surface area contributed by atoms with Gasteiger partial charge in [0.2, 0.25) is 0 Å². The summed E-state index contributed by atoms with van der Waals surface area (Å²) >= 11 is 0. The Hall–Kier alpha value is -2.94. The molecule has 0 spiro atoms. The summed E-state index contributed by atoms with van der Waals surface area (Å²) in [5.74, 6) is -0.548. The molecule has 0 fully saturated rings. The van der Waals surface area contributed by atoms with Crippen molar-refractivity contribution in [3.05, 3.63) is 54.0 Å². The van der Waals surface area contributed by atoms with Crippen molar-refractivity contribution in [2.45, 2.75) is 0 Å². The molecule has 1 amide bonds. The number of anilines is 2. The van der Waals surface area contributed by atoms with Crippen molar-refractivity contribution in [2.75, 3.05) is 18.9 Å². The summed E-state index contributed by atoms with van der Waals surface area (Å²) in [5.41, 5.74) is 0.506. The van der Waals surface area contributed by atoms with Gasteiger partial charge in [-0.15, -0.1) is 0 Å². The number of hydrogen-bond acceptors (Lipinski definition) is 4. The van der Waals surface area contributed by atoms with E-state index in [1.807, 2.05) is 6.07 Å². The molecule has 0 unspecified atom stereocenters. The number of carbonyl (C=O) groups excluding carboxylic acids is 1. The van der Waals surface area contributed by atoms with Crippen LogP contribution in [0.4, 0.5) is 15.9 Å². The number of nitrogens with one attached hydrogen (secondary N) is 1. The molecule has 1 aromatic heterocycles. The predicted molar refractivity (Wildman–Crippen MR) is 76.5 cm³/mol. The molecule has 0 saturated carbocycles. The van der Waals surface area contributed by atoms with Crippen LogP contribution in [0.5, 0.6) is 0 Å². The molecule has 0 bridgehead atoms. The molecule has 1 N–H and O–H groups in total. The van der Waals surface area contributed by atoms with Crippen molar-refractivity contribution in [2.24, 2.45) is 0 Å². The van der Waals surface area contributed by atoms with Crippen molar-refractivity contribution >= 4 is 17.4 Å². The topological polar surface area (TPSA) is 69.0 Å². The summed E-state index contributed by atoms with van der Waals surface area (Å²) in [6, 6.07) is 11.2. The summed E-state index contributed by atoms with van der Waals surface area (Å²) < 4.78 is 13.7. The molecule has 0 aliphatic heterocycles. The maximum atomic E-state index is 13.7. The maximum Gasteiger partial charge on any atom is 0.258 e. The molecule has 1 aromatic carbocycles. The molecular formula is C15H13FN4O. The van der Waals surface area contributed by atoms with Crippen LogP contribution in [0, 0.1) is 17.1 Å². The standard InChI is InChI=1S/C15H13FN4O/c1-20(10-8-17)15(21)11-5-4-9-18-14(11)19-13-7-3-2-6-12(13)16/h2-7,9H,10H2,1H3,(H,18,19). The van der Waals surface area contributed by atoms with Crippen LogP contribution in [0.25, 0.3) is 0 Å². The highest BCUT2D eigenvalue weighted by Crippen LogP contribution is 2.21. The van der Waals surface area contributed by atoms with Crippen LogP contribution in [-0.4, -0.2) is 29.4 Å². The highest BCUT2D eigenvalue weighted by molar-refractivity contribution is 5.99. The maximum absolute atomic E-state index is 13.7. The van der Waals surface area contributed by atoms with Gasteiger partial charge >= 0.3 is 0 Å². The van der Waals surface area contributed by atoms with Gasteiger partial charge in [-0.25, -0.2) is 9.37 Å². The van der Waals surface area contributed by atoms with Gasteiger partial charge in [0.25, 0.3) is 5.91 Å². The number of nitrogens with zero attached hydrogens (tertiary/aromatic N) is 3. The van der Waals surface area contributed by atoms with Gasteiger partial charge in [0, 0.05) is 13.2 Å². The van der Waals surface area contributed by atoms with E-state index in [2.05, 4.69) is 10.3 Å². The lowest BCUT2D eigenvalue weighted by Crippen LogP contribution is -2.27. The molecule has 0 radical (unpaired) electrons. The van der Waals surface area contributed by atoms with Crippen LogP contribution in [-0.2, 0) is 0 Å². The highest BCUT2D eigenvalue weighted by atomic mass is 19.1. The number of pyridine rings is 1. The first-order chi connectivity index (χ1) is 10.1. The SMILES string of the molecule is CN(CC#N)C(=O)c1cccnc1Nc1ccccc1F. The van der Waals surface area contributed by atoms with E-state index in [1.165, 1.54) is 24.2 Å². The summed E-state index contributed by atoms with van der Waals surface area (Å²) in [6.45, 7) is -0.0349. The van der Waals surface area contributed by atoms with Crippen molar-refractivity contribution in [1.29, 1.82) is 5.26 Å². The summed E-state index contributed by atoms with van der Waals surface area (Å²) in [7, 11) is 1.52. The van der Waals surface area contributed by atoms with E-state index in [4.69, 9.17) is 5.26 Å². The lowest BCUT2D eigenvalue weighted by molar-refractivity contribution is 0.0812. The third-order valence-electron chi connectivity index (χ3n) is 2.82. The largest absolute Gasteiger partial charge is 0.337 e. The van der Waals surface area contributed by atoms with Crippen LogP contribution in [0.3, 0.4) is 0 Å². The number of nitriles is 1. The molecule has 1 heterocycles. The number of aromatic nitrogens is 1. The molecule has 0 saturated heterocycles. The van der Waals surface area contributed by atoms with Crippen molar-refractivity contribution in [3.63, 3.8) is 0 Å². The van der Waals surface area contributed by atoms with E-state index in [0.717, 1.165) is 0 Å². The normalized spacial score (nSPS) is 9.76. The van der Waals surface area contributed by atoms with Crippen LogP contribution < -0.4 is 5.32 Å². The summed E-state index contributed by atoms with van der Waals surface area (Å²) in [4.78, 5) is 17.6. The van der Waals surface area contributed by atoms with Gasteiger partial charge < -0.3 is 10.2 Å². The van der Waals surface area contributed by atoms with Gasteiger partial charge in [-0.3, -0.25) is 4.79 Å². The van der Waals surface area contributed by atoms with Crippen molar-refractivity contribution in [3.8, 4) is 6.07 Å². The second-order valence-corrected chi connectivity index (χ2v) is 4.32. The van der Waals surface area contributed by atoms with Gasteiger partial charge in [-0.2, -0.15) is 5.26 Å². The first-order valence-corrected chi connectivity index (χ1v) is 6.22. The average molecular weight is 284 g/mol. The second-order valence-electron chi connectivity index (χ2n) is 4.32.